The first-order chi connectivity index (χ1) is 13.2. The van der Waals surface area contributed by atoms with Crippen molar-refractivity contribution in [1.29, 1.82) is 0 Å². The van der Waals surface area contributed by atoms with Crippen molar-refractivity contribution in [2.24, 2.45) is 0 Å². The number of hydrogen-bond donors (Lipinski definition) is 1. The lowest BCUT2D eigenvalue weighted by atomic mass is 10.0. The highest BCUT2D eigenvalue weighted by Crippen LogP contribution is 2.28. The summed E-state index contributed by atoms with van der Waals surface area (Å²) in [7, 11) is 0. The molecule has 4 rings (SSSR count). The van der Waals surface area contributed by atoms with E-state index in [-0.39, 0.29) is 24.3 Å². The summed E-state index contributed by atoms with van der Waals surface area (Å²) >= 11 is 0. The Kier molecular flexibility index (Phi) is 4.70. The van der Waals surface area contributed by atoms with Crippen LogP contribution in [0.5, 0.6) is 0 Å². The van der Waals surface area contributed by atoms with Gasteiger partial charge in [-0.05, 0) is 35.9 Å². The van der Waals surface area contributed by atoms with Crippen LogP contribution in [0, 0.1) is 0 Å². The van der Waals surface area contributed by atoms with E-state index < -0.39 is 0 Å². The Bertz CT molecular complexity index is 938. The van der Waals surface area contributed by atoms with Crippen LogP contribution in [0.2, 0.25) is 0 Å². The zero-order valence-electron chi connectivity index (χ0n) is 14.7. The summed E-state index contributed by atoms with van der Waals surface area (Å²) in [5.74, 6) is 0.500. The van der Waals surface area contributed by atoms with Crippen molar-refractivity contribution < 1.29 is 14.0 Å². The molecule has 6 heteroatoms. The molecule has 0 saturated heterocycles. The van der Waals surface area contributed by atoms with Crippen LogP contribution in [0.1, 0.15) is 39.8 Å². The normalized spacial score (nSPS) is 15.3. The summed E-state index contributed by atoms with van der Waals surface area (Å²) < 4.78 is 5.41. The predicted molar refractivity (Wildman–Crippen MR) is 98.5 cm³/mol. The second-order valence-electron chi connectivity index (χ2n) is 6.47. The van der Waals surface area contributed by atoms with Crippen LogP contribution in [0.4, 0.5) is 0 Å². The minimum atomic E-state index is -0.316. The summed E-state index contributed by atoms with van der Waals surface area (Å²) in [6.07, 6.45) is 3.49. The summed E-state index contributed by atoms with van der Waals surface area (Å²) in [5, 5.41) is 2.90. The Morgan fingerprint density at radius 1 is 1.07 bits per heavy atom. The summed E-state index contributed by atoms with van der Waals surface area (Å²) in [6, 6.07) is 16.3. The Hall–Kier alpha value is -3.41. The average Bonchev–Trinajstić information content (AvgIpc) is 3.31. The van der Waals surface area contributed by atoms with Crippen LogP contribution < -0.4 is 5.32 Å². The summed E-state index contributed by atoms with van der Waals surface area (Å²) in [4.78, 5) is 31.2. The van der Waals surface area contributed by atoms with Gasteiger partial charge >= 0.3 is 0 Å². The minimum Gasteiger partial charge on any atom is -0.467 e. The number of rotatable bonds is 6. The molecule has 27 heavy (non-hydrogen) atoms. The molecule has 0 radical (unpaired) electrons. The number of aromatic nitrogens is 1. The molecule has 1 N–H and O–H groups in total. The fourth-order valence-electron chi connectivity index (χ4n) is 3.30. The molecule has 6 nitrogen and oxygen atoms in total. The maximum atomic E-state index is 13.1. The summed E-state index contributed by atoms with van der Waals surface area (Å²) in [6.45, 7) is 0.730. The molecule has 2 amide bonds. The van der Waals surface area contributed by atoms with E-state index in [1.807, 2.05) is 42.5 Å². The van der Waals surface area contributed by atoms with Crippen LogP contribution in [-0.4, -0.2) is 21.7 Å². The monoisotopic (exact) mass is 361 g/mol. The third-order valence-electron chi connectivity index (χ3n) is 4.62. The molecule has 3 aromatic rings. The first kappa shape index (κ1) is 17.0. The largest absolute Gasteiger partial charge is 0.467 e. The second-order valence-corrected chi connectivity index (χ2v) is 6.47. The fourth-order valence-corrected chi connectivity index (χ4v) is 3.30. The van der Waals surface area contributed by atoms with E-state index in [4.69, 9.17) is 4.42 Å². The zero-order chi connectivity index (χ0) is 18.6. The number of nitrogens with one attached hydrogen (secondary N) is 1. The minimum absolute atomic E-state index is 0.0703. The molecule has 1 aliphatic heterocycles. The molecule has 0 saturated carbocycles. The van der Waals surface area contributed by atoms with Gasteiger partial charge < -0.3 is 14.6 Å². The highest BCUT2D eigenvalue weighted by atomic mass is 16.3. The number of benzene rings is 1. The number of pyridine rings is 1. The quantitative estimate of drug-likeness (QED) is 0.732. The third-order valence-corrected chi connectivity index (χ3v) is 4.62. The van der Waals surface area contributed by atoms with Crippen LogP contribution in [0.15, 0.2) is 71.5 Å². The molecule has 0 bridgehead atoms. The zero-order valence-corrected chi connectivity index (χ0v) is 14.7. The number of hydrogen-bond acceptors (Lipinski definition) is 4. The van der Waals surface area contributed by atoms with Gasteiger partial charge in [0.15, 0.2) is 0 Å². The lowest BCUT2D eigenvalue weighted by Gasteiger charge is -2.23. The van der Waals surface area contributed by atoms with Crippen molar-refractivity contribution in [3.63, 3.8) is 0 Å². The molecular weight excluding hydrogens is 342 g/mol. The van der Waals surface area contributed by atoms with Crippen molar-refractivity contribution in [2.45, 2.75) is 25.6 Å². The van der Waals surface area contributed by atoms with E-state index in [1.165, 1.54) is 0 Å². The smallest absolute Gasteiger partial charge is 0.252 e. The first-order valence-electron chi connectivity index (χ1n) is 8.80. The summed E-state index contributed by atoms with van der Waals surface area (Å²) in [5.41, 5.74) is 2.30. The van der Waals surface area contributed by atoms with E-state index in [2.05, 4.69) is 10.3 Å². The number of amides is 2. The average molecular weight is 361 g/mol. The molecule has 0 spiro atoms. The van der Waals surface area contributed by atoms with Crippen molar-refractivity contribution in [1.82, 2.24) is 15.2 Å². The SMILES string of the molecule is O=C1NC(CC(=O)N(Cc2ccccn2)Cc2ccco2)c2ccccc21. The van der Waals surface area contributed by atoms with Crippen molar-refractivity contribution in [3.05, 3.63) is 89.6 Å². The van der Waals surface area contributed by atoms with E-state index >= 15 is 0 Å². The van der Waals surface area contributed by atoms with Gasteiger partial charge in [0.25, 0.3) is 5.91 Å². The van der Waals surface area contributed by atoms with E-state index in [9.17, 15) is 9.59 Å². The first-order valence-corrected chi connectivity index (χ1v) is 8.80. The topological polar surface area (TPSA) is 75.4 Å². The van der Waals surface area contributed by atoms with E-state index in [0.717, 1.165) is 11.3 Å². The van der Waals surface area contributed by atoms with Gasteiger partial charge in [-0.15, -0.1) is 0 Å². The van der Waals surface area contributed by atoms with E-state index in [0.29, 0.717) is 24.4 Å². The van der Waals surface area contributed by atoms with Gasteiger partial charge in [-0.25, -0.2) is 0 Å². The molecule has 1 aromatic carbocycles. The maximum Gasteiger partial charge on any atom is 0.252 e. The number of fused-ring (bicyclic) bond motifs is 1. The third kappa shape index (κ3) is 3.74. The highest BCUT2D eigenvalue weighted by Gasteiger charge is 2.31. The Morgan fingerprint density at radius 2 is 1.93 bits per heavy atom. The number of carbonyl (C=O) groups excluding carboxylic acids is 2. The number of nitrogens with zero attached hydrogens (tertiary/aromatic N) is 2. The molecule has 3 heterocycles. The second kappa shape index (κ2) is 7.45. The van der Waals surface area contributed by atoms with Crippen molar-refractivity contribution in [3.8, 4) is 0 Å². The van der Waals surface area contributed by atoms with Gasteiger partial charge in [0.2, 0.25) is 5.91 Å². The molecule has 0 aliphatic carbocycles. The fraction of sp³-hybridized carbons (Fsp3) is 0.190. The lowest BCUT2D eigenvalue weighted by molar-refractivity contribution is -0.133. The van der Waals surface area contributed by atoms with Gasteiger partial charge in [0, 0.05) is 11.8 Å². The molecular formula is C21H19N3O3. The standard InChI is InChI=1S/C21H19N3O3/c25-20(12-19-17-8-1-2-9-18(17)21(26)23-19)24(14-16-7-5-11-27-16)13-15-6-3-4-10-22-15/h1-11,19H,12-14H2,(H,23,26). The molecule has 136 valence electrons. The van der Waals surface area contributed by atoms with Gasteiger partial charge in [-0.1, -0.05) is 24.3 Å². The Morgan fingerprint density at radius 3 is 2.70 bits per heavy atom. The van der Waals surface area contributed by atoms with Crippen molar-refractivity contribution in [2.75, 3.05) is 0 Å². The van der Waals surface area contributed by atoms with Crippen LogP contribution in [-0.2, 0) is 17.9 Å². The Labute approximate surface area is 156 Å². The molecule has 1 unspecified atom stereocenters. The predicted octanol–water partition coefficient (Wildman–Crippen LogP) is 3.08. The van der Waals surface area contributed by atoms with Gasteiger partial charge in [0.05, 0.1) is 37.5 Å². The maximum absolute atomic E-state index is 13.1. The Balaban J connectivity index is 1.53. The van der Waals surface area contributed by atoms with E-state index in [1.54, 1.807) is 29.5 Å². The van der Waals surface area contributed by atoms with Crippen LogP contribution >= 0.6 is 0 Å². The van der Waals surface area contributed by atoms with Gasteiger partial charge in [-0.2, -0.15) is 0 Å². The number of carbonyl (C=O) groups is 2. The highest BCUT2D eigenvalue weighted by molar-refractivity contribution is 5.99. The van der Waals surface area contributed by atoms with Gasteiger partial charge in [-0.3, -0.25) is 14.6 Å². The van der Waals surface area contributed by atoms with Gasteiger partial charge in [0.1, 0.15) is 5.76 Å². The number of furan rings is 1. The lowest BCUT2D eigenvalue weighted by Crippen LogP contribution is -2.33. The molecule has 2 aromatic heterocycles. The molecule has 0 fully saturated rings. The van der Waals surface area contributed by atoms with Crippen LogP contribution in [0.25, 0.3) is 0 Å². The van der Waals surface area contributed by atoms with Crippen LogP contribution in [0.3, 0.4) is 0 Å². The molecule has 1 aliphatic rings. The molecule has 1 atom stereocenters. The van der Waals surface area contributed by atoms with Crippen molar-refractivity contribution >= 4 is 11.8 Å².